The maximum Gasteiger partial charge on any atom is 0.431 e. The first-order chi connectivity index (χ1) is 12.4. The molecule has 2 unspecified atom stereocenters. The summed E-state index contributed by atoms with van der Waals surface area (Å²) in [6.45, 7) is 3.14. The molecule has 0 N–H and O–H groups in total. The van der Waals surface area contributed by atoms with Crippen molar-refractivity contribution in [3.05, 3.63) is 31.2 Å². The van der Waals surface area contributed by atoms with Gasteiger partial charge in [-0.1, -0.05) is 71.9 Å². The van der Waals surface area contributed by atoms with Gasteiger partial charge < -0.3 is 14.2 Å². The third kappa shape index (κ3) is 3.55. The summed E-state index contributed by atoms with van der Waals surface area (Å²) in [7, 11) is 0. The van der Waals surface area contributed by atoms with E-state index in [1.807, 2.05) is 0 Å². The van der Waals surface area contributed by atoms with Crippen LogP contribution >= 0.6 is 58.0 Å². The van der Waals surface area contributed by atoms with E-state index in [0.29, 0.717) is 0 Å². The molecule has 1 heterocycles. The molecule has 0 radical (unpaired) electrons. The maximum atomic E-state index is 14.8. The Kier molecular flexibility index (Phi) is 5.45. The van der Waals surface area contributed by atoms with E-state index in [0.717, 1.165) is 0 Å². The van der Waals surface area contributed by atoms with Gasteiger partial charge in [-0.15, -0.1) is 0 Å². The molecular formula is C16H11Cl5F2O4. The zero-order valence-corrected chi connectivity index (χ0v) is 17.5. The number of ether oxygens (including phenoxy) is 3. The maximum absolute atomic E-state index is 14.8. The molecule has 0 saturated heterocycles. The van der Waals surface area contributed by atoms with E-state index in [9.17, 15) is 13.6 Å². The van der Waals surface area contributed by atoms with Crippen molar-refractivity contribution in [2.24, 2.45) is 17.3 Å². The van der Waals surface area contributed by atoms with Crippen molar-refractivity contribution in [1.29, 1.82) is 0 Å². The number of alkyl halides is 2. The molecule has 1 aliphatic heterocycles. The zero-order chi connectivity index (χ0) is 20.3. The summed E-state index contributed by atoms with van der Waals surface area (Å²) in [5.41, 5.74) is -1.63. The van der Waals surface area contributed by atoms with Crippen LogP contribution in [0.25, 0.3) is 0 Å². The summed E-state index contributed by atoms with van der Waals surface area (Å²) in [4.78, 5) is 12.4. The van der Waals surface area contributed by atoms with E-state index < -0.39 is 44.9 Å². The molecule has 1 aromatic rings. The topological polar surface area (TPSA) is 44.8 Å². The largest absolute Gasteiger partial charge is 0.452 e. The van der Waals surface area contributed by atoms with Crippen molar-refractivity contribution in [1.82, 2.24) is 0 Å². The molecular weight excluding hydrogens is 471 g/mol. The number of carbonyl (C=O) groups is 1. The van der Waals surface area contributed by atoms with Crippen molar-refractivity contribution >= 4 is 64.0 Å². The summed E-state index contributed by atoms with van der Waals surface area (Å²) in [5, 5.41) is -1.47. The minimum atomic E-state index is -4.16. The van der Waals surface area contributed by atoms with Crippen molar-refractivity contribution in [2.75, 3.05) is 6.79 Å². The zero-order valence-electron chi connectivity index (χ0n) is 13.7. The molecule has 3 rings (SSSR count). The number of esters is 1. The van der Waals surface area contributed by atoms with Crippen LogP contribution in [0.5, 0.6) is 11.5 Å². The van der Waals surface area contributed by atoms with E-state index in [4.69, 9.17) is 67.5 Å². The second kappa shape index (κ2) is 6.99. The molecule has 0 bridgehead atoms. The van der Waals surface area contributed by atoms with E-state index in [1.165, 1.54) is 6.08 Å². The third-order valence-corrected chi connectivity index (χ3v) is 6.08. The Bertz CT molecular complexity index is 852. The second-order valence-electron chi connectivity index (χ2n) is 6.60. The van der Waals surface area contributed by atoms with Gasteiger partial charge in [0, 0.05) is 0 Å². The van der Waals surface area contributed by atoms with Crippen LogP contribution in [-0.4, -0.2) is 12.8 Å². The van der Waals surface area contributed by atoms with Gasteiger partial charge in [-0.25, -0.2) is 0 Å². The van der Waals surface area contributed by atoms with Crippen molar-refractivity contribution in [2.45, 2.75) is 20.0 Å². The molecule has 1 aromatic carbocycles. The number of rotatable bonds is 4. The first-order valence-corrected chi connectivity index (χ1v) is 9.38. The van der Waals surface area contributed by atoms with Crippen LogP contribution in [0, 0.1) is 17.3 Å². The van der Waals surface area contributed by atoms with Gasteiger partial charge in [0.2, 0.25) is 6.79 Å². The molecule has 148 valence electrons. The van der Waals surface area contributed by atoms with Gasteiger partial charge in [0.25, 0.3) is 0 Å². The fourth-order valence-corrected chi connectivity index (χ4v) is 4.28. The quantitative estimate of drug-likeness (QED) is 0.360. The highest BCUT2D eigenvalue weighted by Gasteiger charge is 2.63. The van der Waals surface area contributed by atoms with Gasteiger partial charge in [-0.2, -0.15) is 8.78 Å². The Hall–Kier alpha value is -0.660. The standard InChI is InChI=1S/C16H11Cl5F2O4/c1-15(2)5(3-6(17)18)7(15)14(24)27-16(22,23)8-9(19)11(21)13-12(10(8)20)25-4-26-13/h3,5,7H,4H2,1-2H3. The highest BCUT2D eigenvalue weighted by molar-refractivity contribution is 6.55. The van der Waals surface area contributed by atoms with Gasteiger partial charge in [-0.05, 0) is 17.4 Å². The van der Waals surface area contributed by atoms with Gasteiger partial charge >= 0.3 is 12.1 Å². The summed E-state index contributed by atoms with van der Waals surface area (Å²) < 4.78 is 44.0. The molecule has 11 heteroatoms. The molecule has 27 heavy (non-hydrogen) atoms. The summed E-state index contributed by atoms with van der Waals surface area (Å²) in [6.07, 6.45) is -2.75. The normalized spacial score (nSPS) is 22.4. The molecule has 0 amide bonds. The minimum Gasteiger partial charge on any atom is -0.452 e. The van der Waals surface area contributed by atoms with E-state index in [2.05, 4.69) is 4.74 Å². The lowest BCUT2D eigenvalue weighted by molar-refractivity contribution is -0.242. The number of benzene rings is 1. The van der Waals surface area contributed by atoms with Crippen molar-refractivity contribution < 1.29 is 27.8 Å². The lowest BCUT2D eigenvalue weighted by atomic mass is 10.1. The van der Waals surface area contributed by atoms with E-state index >= 15 is 0 Å². The molecule has 0 aromatic heterocycles. The Morgan fingerprint density at radius 1 is 1.15 bits per heavy atom. The molecule has 0 spiro atoms. The number of carbonyl (C=O) groups excluding carboxylic acids is 1. The summed E-state index contributed by atoms with van der Waals surface area (Å²) in [6, 6.07) is 0. The van der Waals surface area contributed by atoms with Crippen molar-refractivity contribution in [3.8, 4) is 11.5 Å². The fourth-order valence-electron chi connectivity index (χ4n) is 3.09. The van der Waals surface area contributed by atoms with Crippen LogP contribution in [-0.2, 0) is 15.6 Å². The molecule has 1 saturated carbocycles. The first-order valence-electron chi connectivity index (χ1n) is 7.49. The Morgan fingerprint density at radius 3 is 2.26 bits per heavy atom. The van der Waals surface area contributed by atoms with Gasteiger partial charge in [0.15, 0.2) is 11.5 Å². The van der Waals surface area contributed by atoms with Crippen LogP contribution in [0.1, 0.15) is 19.4 Å². The highest BCUT2D eigenvalue weighted by Crippen LogP contribution is 2.61. The Morgan fingerprint density at radius 2 is 1.70 bits per heavy atom. The average molecular weight is 483 g/mol. The number of hydrogen-bond acceptors (Lipinski definition) is 4. The molecule has 2 aliphatic rings. The molecule has 1 aliphatic carbocycles. The molecule has 4 nitrogen and oxygen atoms in total. The van der Waals surface area contributed by atoms with Crippen LogP contribution in [0.15, 0.2) is 10.6 Å². The van der Waals surface area contributed by atoms with Crippen LogP contribution in [0.4, 0.5) is 8.78 Å². The number of halogens is 7. The average Bonchev–Trinajstić information content (AvgIpc) is 2.88. The predicted molar refractivity (Wildman–Crippen MR) is 98.1 cm³/mol. The summed E-state index contributed by atoms with van der Waals surface area (Å²) in [5.74, 6) is -2.71. The van der Waals surface area contributed by atoms with E-state index in [-0.39, 0.29) is 27.8 Å². The van der Waals surface area contributed by atoms with Gasteiger partial charge in [0.05, 0.1) is 10.9 Å². The monoisotopic (exact) mass is 480 g/mol. The van der Waals surface area contributed by atoms with Gasteiger partial charge in [-0.3, -0.25) is 4.79 Å². The number of fused-ring (bicyclic) bond motifs is 1. The smallest absolute Gasteiger partial charge is 0.431 e. The molecule has 2 atom stereocenters. The van der Waals surface area contributed by atoms with Crippen LogP contribution in [0.2, 0.25) is 15.1 Å². The Labute approximate surface area is 178 Å². The first kappa shape index (κ1) is 21.1. The summed E-state index contributed by atoms with van der Waals surface area (Å²) >= 11 is 29.1. The van der Waals surface area contributed by atoms with Gasteiger partial charge in [0.1, 0.15) is 20.1 Å². The highest BCUT2D eigenvalue weighted by atomic mass is 35.5. The lowest BCUT2D eigenvalue weighted by Crippen LogP contribution is -2.26. The van der Waals surface area contributed by atoms with Crippen molar-refractivity contribution in [3.63, 3.8) is 0 Å². The van der Waals surface area contributed by atoms with E-state index in [1.54, 1.807) is 13.8 Å². The number of allylic oxidation sites excluding steroid dienone is 1. The molecule has 1 fully saturated rings. The second-order valence-corrected chi connectivity index (χ2v) is 8.74. The van der Waals surface area contributed by atoms with Crippen LogP contribution in [0.3, 0.4) is 0 Å². The SMILES string of the molecule is CC1(C)C(C=C(Cl)Cl)C1C(=O)OC(F)(F)c1c(Cl)c(Cl)c2c(c1Cl)OCO2. The van der Waals surface area contributed by atoms with Crippen LogP contribution < -0.4 is 9.47 Å². The number of hydrogen-bond donors (Lipinski definition) is 0. The lowest BCUT2D eigenvalue weighted by Gasteiger charge is -2.21. The fraction of sp³-hybridized carbons (Fsp3) is 0.438. The Balaban J connectivity index is 1.92. The third-order valence-electron chi connectivity index (χ3n) is 4.63. The predicted octanol–water partition coefficient (Wildman–Crippen LogP) is 6.56. The minimum absolute atomic E-state index is 0.0529.